The van der Waals surface area contributed by atoms with Crippen molar-refractivity contribution in [1.29, 1.82) is 0 Å². The number of para-hydroxylation sites is 1. The summed E-state index contributed by atoms with van der Waals surface area (Å²) in [5.41, 5.74) is 5.98. The highest BCUT2D eigenvalue weighted by Crippen LogP contribution is 2.38. The Labute approximate surface area is 272 Å². The highest BCUT2D eigenvalue weighted by atomic mass is 35.5. The Morgan fingerprint density at radius 3 is 2.35 bits per heavy atom. The molecular weight excluding hydrogens is 623 g/mol. The van der Waals surface area contributed by atoms with E-state index in [0.29, 0.717) is 51.6 Å². The summed E-state index contributed by atoms with van der Waals surface area (Å²) in [7, 11) is 3.96. The van der Waals surface area contributed by atoms with Crippen LogP contribution >= 0.6 is 11.6 Å². The average molecular weight is 664 g/mol. The molecule has 5 rings (SSSR count). The number of piperidine rings is 2. The SMILES string of the molecule is CN(C)C1CCN(C(=O)[C@@H](Cc2cc(Cl)c(N)c(C(F)(F)F)c2)NC(=O)N2CCC(N3CCc4ccccc4NC3=O)CC2)CC1. The molecule has 10 nitrogen and oxygen atoms in total. The topological polar surface area (TPSA) is 114 Å². The Hall–Kier alpha value is -3.71. The van der Waals surface area contributed by atoms with Crippen LogP contribution in [0.5, 0.6) is 0 Å². The van der Waals surface area contributed by atoms with Gasteiger partial charge in [-0.05, 0) is 75.5 Å². The number of amides is 5. The second-order valence-corrected chi connectivity index (χ2v) is 12.9. The first-order valence-electron chi connectivity index (χ1n) is 15.6. The Morgan fingerprint density at radius 1 is 1.04 bits per heavy atom. The van der Waals surface area contributed by atoms with Gasteiger partial charge in [-0.15, -0.1) is 0 Å². The van der Waals surface area contributed by atoms with E-state index in [1.165, 1.54) is 6.07 Å². The van der Waals surface area contributed by atoms with Crippen LogP contribution in [-0.2, 0) is 23.8 Å². The van der Waals surface area contributed by atoms with Gasteiger partial charge in [0, 0.05) is 56.9 Å². The quantitative estimate of drug-likeness (QED) is 0.389. The summed E-state index contributed by atoms with van der Waals surface area (Å²) in [5.74, 6) is -0.359. The van der Waals surface area contributed by atoms with Crippen LogP contribution < -0.4 is 16.4 Å². The van der Waals surface area contributed by atoms with E-state index in [9.17, 15) is 27.6 Å². The molecule has 2 aromatic rings. The molecule has 4 N–H and O–H groups in total. The van der Waals surface area contributed by atoms with Crippen LogP contribution in [-0.4, -0.2) is 103 Å². The Morgan fingerprint density at radius 2 is 1.70 bits per heavy atom. The fourth-order valence-electron chi connectivity index (χ4n) is 6.64. The molecule has 0 radical (unpaired) electrons. The first-order valence-corrected chi connectivity index (χ1v) is 16.0. The molecule has 250 valence electrons. The van der Waals surface area contributed by atoms with E-state index in [2.05, 4.69) is 15.5 Å². The molecule has 0 unspecified atom stereocenters. The molecule has 2 fully saturated rings. The number of hydrogen-bond acceptors (Lipinski definition) is 5. The fourth-order valence-corrected chi connectivity index (χ4v) is 6.89. The summed E-state index contributed by atoms with van der Waals surface area (Å²) in [6, 6.07) is 8.39. The van der Waals surface area contributed by atoms with Crippen LogP contribution in [0.1, 0.15) is 42.4 Å². The lowest BCUT2D eigenvalue weighted by Gasteiger charge is -2.39. The number of carbonyl (C=O) groups is 3. The molecular formula is C32H41ClF3N7O3. The van der Waals surface area contributed by atoms with E-state index in [1.54, 1.807) is 9.80 Å². The minimum absolute atomic E-state index is 0.0634. The molecule has 3 aliphatic rings. The zero-order chi connectivity index (χ0) is 33.2. The van der Waals surface area contributed by atoms with Gasteiger partial charge in [0.25, 0.3) is 0 Å². The van der Waals surface area contributed by atoms with Gasteiger partial charge in [0.2, 0.25) is 5.91 Å². The predicted molar refractivity (Wildman–Crippen MR) is 171 cm³/mol. The van der Waals surface area contributed by atoms with Gasteiger partial charge in [0.15, 0.2) is 0 Å². The molecule has 0 aliphatic carbocycles. The minimum Gasteiger partial charge on any atom is -0.397 e. The van der Waals surface area contributed by atoms with Crippen LogP contribution in [0, 0.1) is 0 Å². The molecule has 0 bridgehead atoms. The number of hydrogen-bond donors (Lipinski definition) is 3. The van der Waals surface area contributed by atoms with Gasteiger partial charge in [0.1, 0.15) is 6.04 Å². The number of benzene rings is 2. The molecule has 3 heterocycles. The first kappa shape index (κ1) is 33.6. The molecule has 3 aliphatic heterocycles. The summed E-state index contributed by atoms with van der Waals surface area (Å²) < 4.78 is 41.1. The van der Waals surface area contributed by atoms with Crippen molar-refractivity contribution < 1.29 is 27.6 Å². The monoisotopic (exact) mass is 663 g/mol. The standard InChI is InChI=1S/C32H41ClF3N7O3/c1-40(2)22-8-12-41(13-9-22)29(44)27(19-20-17-24(32(34,35)36)28(37)25(33)18-20)39-30(45)42-14-10-23(11-15-42)43-16-7-21-5-3-4-6-26(21)38-31(43)46/h3-6,17-18,22-23,27H,7-16,19,37H2,1-2H3,(H,38,46)(H,39,45)/t27-/m1/s1. The van der Waals surface area contributed by atoms with Crippen molar-refractivity contribution in [2.45, 2.75) is 62.8 Å². The van der Waals surface area contributed by atoms with Gasteiger partial charge in [-0.3, -0.25) is 4.79 Å². The Balaban J connectivity index is 1.27. The second-order valence-electron chi connectivity index (χ2n) is 12.5. The number of nitrogens with two attached hydrogens (primary N) is 1. The average Bonchev–Trinajstić information content (AvgIpc) is 3.19. The summed E-state index contributed by atoms with van der Waals surface area (Å²) in [5, 5.41) is 5.54. The molecule has 1 atom stereocenters. The Kier molecular flexibility index (Phi) is 10.2. The maximum Gasteiger partial charge on any atom is 0.418 e. The fraction of sp³-hybridized carbons (Fsp3) is 0.531. The van der Waals surface area contributed by atoms with E-state index in [0.717, 1.165) is 36.6 Å². The number of anilines is 2. The minimum atomic E-state index is -4.74. The molecule has 0 saturated carbocycles. The number of fused-ring (bicyclic) bond motifs is 1. The third kappa shape index (κ3) is 7.63. The zero-order valence-electron chi connectivity index (χ0n) is 26.1. The lowest BCUT2D eigenvalue weighted by molar-refractivity contribution is -0.137. The molecule has 5 amide bonds. The number of nitrogens with one attached hydrogen (secondary N) is 2. The van der Waals surface area contributed by atoms with Gasteiger partial charge in [-0.1, -0.05) is 29.8 Å². The summed E-state index contributed by atoms with van der Waals surface area (Å²) >= 11 is 6.08. The molecule has 2 saturated heterocycles. The second kappa shape index (κ2) is 14.0. The summed E-state index contributed by atoms with van der Waals surface area (Å²) in [6.07, 6.45) is -1.62. The number of nitrogens with zero attached hydrogens (tertiary/aromatic N) is 4. The van der Waals surface area contributed by atoms with E-state index in [1.807, 2.05) is 43.3 Å². The zero-order valence-corrected chi connectivity index (χ0v) is 26.8. The van der Waals surface area contributed by atoms with Crippen molar-refractivity contribution in [2.24, 2.45) is 0 Å². The van der Waals surface area contributed by atoms with Gasteiger partial charge < -0.3 is 36.0 Å². The number of likely N-dealkylation sites (tertiary alicyclic amines) is 2. The maximum absolute atomic E-state index is 13.8. The van der Waals surface area contributed by atoms with Crippen molar-refractivity contribution in [3.8, 4) is 0 Å². The van der Waals surface area contributed by atoms with Gasteiger partial charge in [-0.2, -0.15) is 13.2 Å². The van der Waals surface area contributed by atoms with Crippen LogP contribution in [0.25, 0.3) is 0 Å². The van der Waals surface area contributed by atoms with Crippen molar-refractivity contribution in [1.82, 2.24) is 24.9 Å². The van der Waals surface area contributed by atoms with Crippen molar-refractivity contribution in [2.75, 3.05) is 57.9 Å². The van der Waals surface area contributed by atoms with Crippen molar-refractivity contribution >= 4 is 40.9 Å². The molecule has 2 aromatic carbocycles. The number of carbonyl (C=O) groups excluding carboxylic acids is 3. The lowest BCUT2D eigenvalue weighted by Crippen LogP contribution is -2.57. The first-order chi connectivity index (χ1) is 21.8. The van der Waals surface area contributed by atoms with Crippen molar-refractivity contribution in [3.05, 3.63) is 58.1 Å². The van der Waals surface area contributed by atoms with Crippen molar-refractivity contribution in [3.63, 3.8) is 0 Å². The van der Waals surface area contributed by atoms with Gasteiger partial charge in [0.05, 0.1) is 16.3 Å². The summed E-state index contributed by atoms with van der Waals surface area (Å²) in [4.78, 5) is 47.5. The van der Waals surface area contributed by atoms with E-state index >= 15 is 0 Å². The van der Waals surface area contributed by atoms with Crippen LogP contribution in [0.2, 0.25) is 5.02 Å². The predicted octanol–water partition coefficient (Wildman–Crippen LogP) is 4.67. The molecule has 14 heteroatoms. The third-order valence-corrected chi connectivity index (χ3v) is 9.68. The smallest absolute Gasteiger partial charge is 0.397 e. The lowest BCUT2D eigenvalue weighted by atomic mass is 9.98. The van der Waals surface area contributed by atoms with E-state index in [-0.39, 0.29) is 35.0 Å². The van der Waals surface area contributed by atoms with E-state index in [4.69, 9.17) is 17.3 Å². The molecule has 46 heavy (non-hydrogen) atoms. The number of urea groups is 2. The Bertz CT molecular complexity index is 1440. The highest BCUT2D eigenvalue weighted by molar-refractivity contribution is 6.33. The molecule has 0 spiro atoms. The highest BCUT2D eigenvalue weighted by Gasteiger charge is 2.37. The molecule has 0 aromatic heterocycles. The largest absolute Gasteiger partial charge is 0.418 e. The van der Waals surface area contributed by atoms with Crippen LogP contribution in [0.15, 0.2) is 36.4 Å². The maximum atomic E-state index is 13.8. The van der Waals surface area contributed by atoms with Gasteiger partial charge >= 0.3 is 18.2 Å². The van der Waals surface area contributed by atoms with Crippen LogP contribution in [0.4, 0.5) is 34.1 Å². The van der Waals surface area contributed by atoms with Gasteiger partial charge in [-0.25, -0.2) is 9.59 Å². The normalized spacial score (nSPS) is 19.0. The number of alkyl halides is 3. The third-order valence-electron chi connectivity index (χ3n) is 9.37. The van der Waals surface area contributed by atoms with E-state index < -0.39 is 29.5 Å². The number of nitrogen functional groups attached to an aromatic ring is 1. The summed E-state index contributed by atoms with van der Waals surface area (Å²) in [6.45, 7) is 2.21. The number of rotatable bonds is 6. The van der Waals surface area contributed by atoms with Crippen LogP contribution in [0.3, 0.4) is 0 Å². The number of halogens is 4.